The number of fused-ring (bicyclic) bond motifs is 1. The molecule has 5 rings (SSSR count). The van der Waals surface area contributed by atoms with Gasteiger partial charge >= 0.3 is 11.9 Å². The number of methoxy groups -OCH3 is 2. The summed E-state index contributed by atoms with van der Waals surface area (Å²) in [5.41, 5.74) is -1.43. The van der Waals surface area contributed by atoms with Gasteiger partial charge in [0.15, 0.2) is 6.10 Å². The van der Waals surface area contributed by atoms with Crippen LogP contribution in [0.25, 0.3) is 0 Å². The average molecular weight is 582 g/mol. The summed E-state index contributed by atoms with van der Waals surface area (Å²) in [5.74, 6) is -0.585. The molecule has 0 amide bonds. The molecule has 184 valence electrons. The predicted molar refractivity (Wildman–Crippen MR) is 134 cm³/mol. The smallest absolute Gasteiger partial charge is 0.344 e. The van der Waals surface area contributed by atoms with Gasteiger partial charge < -0.3 is 24.2 Å². The molecule has 0 bridgehead atoms. The Morgan fingerprint density at radius 3 is 2.62 bits per heavy atom. The minimum absolute atomic E-state index is 0.0674. The maximum Gasteiger partial charge on any atom is 0.344 e. The largest absolute Gasteiger partial charge is 0.496 e. The molecule has 4 aliphatic rings. The summed E-state index contributed by atoms with van der Waals surface area (Å²) in [5, 5.41) is 12.5. The number of carbonyl (C=O) groups is 2. The molecule has 1 aromatic carbocycles. The highest BCUT2D eigenvalue weighted by molar-refractivity contribution is 14.1. The lowest BCUT2D eigenvalue weighted by Crippen LogP contribution is -2.81. The first-order chi connectivity index (χ1) is 16.1. The molecule has 2 fully saturated rings. The second-order valence-electron chi connectivity index (χ2n) is 9.88. The fourth-order valence-electron chi connectivity index (χ4n) is 7.71. The van der Waals surface area contributed by atoms with Crippen molar-refractivity contribution in [2.75, 3.05) is 39.3 Å². The molecule has 8 nitrogen and oxygen atoms in total. The summed E-state index contributed by atoms with van der Waals surface area (Å²) in [6, 6.07) is 3.37. The third-order valence-corrected chi connectivity index (χ3v) is 9.53. The van der Waals surface area contributed by atoms with Crippen molar-refractivity contribution in [3.8, 4) is 5.75 Å². The number of halogens is 1. The third kappa shape index (κ3) is 2.66. The predicted octanol–water partition coefficient (Wildman–Crippen LogP) is 2.25. The highest BCUT2D eigenvalue weighted by Crippen LogP contribution is 2.67. The van der Waals surface area contributed by atoms with Crippen molar-refractivity contribution in [2.24, 2.45) is 5.41 Å². The van der Waals surface area contributed by atoms with Gasteiger partial charge in [-0.2, -0.15) is 0 Å². The summed E-state index contributed by atoms with van der Waals surface area (Å²) >= 11 is 2.28. The molecule has 34 heavy (non-hydrogen) atoms. The van der Waals surface area contributed by atoms with E-state index in [-0.39, 0.29) is 6.04 Å². The number of carbonyl (C=O) groups excluding carboxylic acids is 2. The molecule has 3 aliphatic heterocycles. The van der Waals surface area contributed by atoms with E-state index in [2.05, 4.69) is 45.7 Å². The van der Waals surface area contributed by atoms with Crippen LogP contribution in [0.4, 0.5) is 5.69 Å². The van der Waals surface area contributed by atoms with Gasteiger partial charge in [-0.05, 0) is 53.6 Å². The van der Waals surface area contributed by atoms with Crippen molar-refractivity contribution in [3.63, 3.8) is 0 Å². The number of benzene rings is 1. The van der Waals surface area contributed by atoms with Crippen LogP contribution < -0.4 is 9.64 Å². The number of hydrogen-bond acceptors (Lipinski definition) is 8. The number of rotatable bonds is 4. The Labute approximate surface area is 213 Å². The first kappa shape index (κ1) is 23.9. The molecule has 9 heteroatoms. The van der Waals surface area contributed by atoms with E-state index in [0.29, 0.717) is 6.42 Å². The Hall–Kier alpha value is -1.85. The van der Waals surface area contributed by atoms with E-state index in [9.17, 15) is 14.7 Å². The molecule has 3 heterocycles. The Balaban J connectivity index is 1.88. The molecule has 0 radical (unpaired) electrons. The van der Waals surface area contributed by atoms with E-state index in [4.69, 9.17) is 14.2 Å². The third-order valence-electron chi connectivity index (χ3n) is 8.68. The molecule has 6 atom stereocenters. The monoisotopic (exact) mass is 582 g/mol. The van der Waals surface area contributed by atoms with Crippen molar-refractivity contribution in [1.82, 2.24) is 4.90 Å². The SMILES string of the molecule is CC[C@]12C=CCN3CC[C@@]4(c5cc(I)c(OC)cc5N(C)[C@H]4[C@@](O)(C(=O)OC)[C@@H]1OC(C)=O)[C@@H]32. The van der Waals surface area contributed by atoms with Gasteiger partial charge in [-0.15, -0.1) is 0 Å². The van der Waals surface area contributed by atoms with Crippen LogP contribution in [0.3, 0.4) is 0 Å². The van der Waals surface area contributed by atoms with E-state index >= 15 is 0 Å². The van der Waals surface area contributed by atoms with E-state index in [1.165, 1.54) is 14.0 Å². The van der Waals surface area contributed by atoms with Crippen molar-refractivity contribution >= 4 is 40.2 Å². The van der Waals surface area contributed by atoms with Gasteiger partial charge in [0.25, 0.3) is 0 Å². The van der Waals surface area contributed by atoms with Gasteiger partial charge in [0.2, 0.25) is 5.60 Å². The van der Waals surface area contributed by atoms with Gasteiger partial charge in [0, 0.05) is 49.1 Å². The normalized spacial score (nSPS) is 37.6. The van der Waals surface area contributed by atoms with Crippen LogP contribution >= 0.6 is 22.6 Å². The van der Waals surface area contributed by atoms with Gasteiger partial charge in [0.05, 0.1) is 23.8 Å². The second kappa shape index (κ2) is 7.83. The minimum atomic E-state index is -2.09. The van der Waals surface area contributed by atoms with Crippen molar-refractivity contribution < 1.29 is 28.9 Å². The summed E-state index contributed by atoms with van der Waals surface area (Å²) in [7, 11) is 4.80. The average Bonchev–Trinajstić information content (AvgIpc) is 3.32. The zero-order chi connectivity index (χ0) is 24.6. The van der Waals surface area contributed by atoms with E-state index in [1.54, 1.807) is 7.11 Å². The van der Waals surface area contributed by atoms with Crippen molar-refractivity contribution in [2.45, 2.75) is 55.9 Å². The molecular formula is C25H31IN2O6. The summed E-state index contributed by atoms with van der Waals surface area (Å²) in [6.45, 7) is 4.94. The summed E-state index contributed by atoms with van der Waals surface area (Å²) < 4.78 is 17.7. The Morgan fingerprint density at radius 2 is 2.00 bits per heavy atom. The standard InChI is InChI=1S/C25H31IN2O6/c1-6-23-8-7-10-28-11-9-24(19(23)28)15-12-16(26)18(32-4)13-17(15)27(3)20(24)25(31,22(30)33-5)21(23)34-14(2)29/h7-8,12-13,19-21,31H,6,9-11H2,1-5H3/t19-,20+,21+,23+,24+,25-/m0/s1. The highest BCUT2D eigenvalue weighted by atomic mass is 127. The van der Waals surface area contributed by atoms with Crippen molar-refractivity contribution in [1.29, 1.82) is 0 Å². The van der Waals surface area contributed by atoms with Gasteiger partial charge in [0.1, 0.15) is 5.75 Å². The lowest BCUT2D eigenvalue weighted by Gasteiger charge is -2.63. The molecular weight excluding hydrogens is 551 g/mol. The lowest BCUT2D eigenvalue weighted by atomic mass is 9.47. The fraction of sp³-hybridized carbons (Fsp3) is 0.600. The van der Waals surface area contributed by atoms with Crippen LogP contribution in [-0.2, 0) is 24.5 Å². The number of likely N-dealkylation sites (N-methyl/N-ethyl adjacent to an activating group) is 1. The summed E-state index contributed by atoms with van der Waals surface area (Å²) in [4.78, 5) is 30.3. The van der Waals surface area contributed by atoms with Crippen LogP contribution in [-0.4, -0.2) is 80.1 Å². The molecule has 1 saturated carbocycles. The number of anilines is 1. The van der Waals surface area contributed by atoms with Crippen LogP contribution in [0.15, 0.2) is 24.3 Å². The Kier molecular flexibility index (Phi) is 5.49. The van der Waals surface area contributed by atoms with Crippen LogP contribution in [0.1, 0.15) is 32.3 Å². The first-order valence-corrected chi connectivity index (χ1v) is 12.7. The first-order valence-electron chi connectivity index (χ1n) is 11.6. The molecule has 1 aromatic rings. The topological polar surface area (TPSA) is 88.5 Å². The minimum Gasteiger partial charge on any atom is -0.496 e. The van der Waals surface area contributed by atoms with E-state index < -0.39 is 40.5 Å². The van der Waals surface area contributed by atoms with Crippen molar-refractivity contribution in [3.05, 3.63) is 33.4 Å². The fourth-order valence-corrected chi connectivity index (χ4v) is 8.40. The number of ether oxygens (including phenoxy) is 3. The molecule has 0 aromatic heterocycles. The van der Waals surface area contributed by atoms with Gasteiger partial charge in [-0.25, -0.2) is 4.79 Å². The number of nitrogens with zero attached hydrogens (tertiary/aromatic N) is 2. The maximum absolute atomic E-state index is 13.6. The molecule has 1 saturated heterocycles. The van der Waals surface area contributed by atoms with Crippen LogP contribution in [0.5, 0.6) is 5.75 Å². The lowest BCUT2D eigenvalue weighted by molar-refractivity contribution is -0.228. The zero-order valence-corrected chi connectivity index (χ0v) is 22.3. The molecule has 1 N–H and O–H groups in total. The summed E-state index contributed by atoms with van der Waals surface area (Å²) in [6.07, 6.45) is 4.39. The zero-order valence-electron chi connectivity index (χ0n) is 20.1. The second-order valence-corrected chi connectivity index (χ2v) is 11.0. The highest BCUT2D eigenvalue weighted by Gasteiger charge is 2.80. The molecule has 1 spiro atoms. The number of esters is 2. The van der Waals surface area contributed by atoms with Gasteiger partial charge in [-0.1, -0.05) is 19.1 Å². The Morgan fingerprint density at radius 1 is 1.26 bits per heavy atom. The molecule has 1 aliphatic carbocycles. The van der Waals surface area contributed by atoms with Crippen LogP contribution in [0, 0.1) is 8.99 Å². The van der Waals surface area contributed by atoms with Gasteiger partial charge in [-0.3, -0.25) is 9.69 Å². The van der Waals surface area contributed by atoms with E-state index in [1.807, 2.05) is 24.9 Å². The number of hydrogen-bond donors (Lipinski definition) is 1. The maximum atomic E-state index is 13.6. The van der Waals surface area contributed by atoms with E-state index in [0.717, 1.165) is 40.1 Å². The molecule has 0 unspecified atom stereocenters. The number of aliphatic hydroxyl groups is 1. The quantitative estimate of drug-likeness (QED) is 0.329. The van der Waals surface area contributed by atoms with Crippen LogP contribution in [0.2, 0.25) is 0 Å². The Bertz CT molecular complexity index is 1090.